The van der Waals surface area contributed by atoms with E-state index in [1.165, 1.54) is 11.8 Å². The third-order valence-electron chi connectivity index (χ3n) is 4.50. The van der Waals surface area contributed by atoms with Crippen LogP contribution in [0.15, 0.2) is 64.7 Å². The topological polar surface area (TPSA) is 67.2 Å². The molecule has 0 bridgehead atoms. The van der Waals surface area contributed by atoms with Crippen LogP contribution in [0.2, 0.25) is 0 Å². The fraction of sp³-hybridized carbons (Fsp3) is 0.263. The van der Waals surface area contributed by atoms with Gasteiger partial charge < -0.3 is 9.80 Å². The number of amides is 1. The van der Waals surface area contributed by atoms with Gasteiger partial charge in [0.25, 0.3) is 0 Å². The van der Waals surface area contributed by atoms with E-state index >= 15 is 0 Å². The van der Waals surface area contributed by atoms with E-state index in [1.807, 2.05) is 39.9 Å². The minimum absolute atomic E-state index is 0.129. The lowest BCUT2D eigenvalue weighted by molar-refractivity contribution is -0.128. The molecule has 0 unspecified atom stereocenters. The van der Waals surface area contributed by atoms with Gasteiger partial charge in [-0.05, 0) is 30.3 Å². The van der Waals surface area contributed by atoms with E-state index in [-0.39, 0.29) is 5.91 Å². The fourth-order valence-corrected chi connectivity index (χ4v) is 4.16. The first-order valence-electron chi connectivity index (χ1n) is 8.92. The number of imidazole rings is 1. The van der Waals surface area contributed by atoms with Crippen LogP contribution in [0.5, 0.6) is 0 Å². The Hall–Kier alpha value is -2.39. The lowest BCUT2D eigenvalue weighted by Gasteiger charge is -2.34. The van der Waals surface area contributed by atoms with Crippen molar-refractivity contribution in [3.63, 3.8) is 0 Å². The predicted octanol–water partition coefficient (Wildman–Crippen LogP) is 2.87. The van der Waals surface area contributed by atoms with E-state index in [2.05, 4.69) is 35.8 Å². The van der Waals surface area contributed by atoms with Gasteiger partial charge in [-0.2, -0.15) is 0 Å². The Morgan fingerprint density at radius 1 is 1.00 bits per heavy atom. The number of carbonyl (C=O) groups is 1. The van der Waals surface area contributed by atoms with E-state index in [9.17, 15) is 4.79 Å². The molecule has 1 fully saturated rings. The van der Waals surface area contributed by atoms with Gasteiger partial charge in [-0.15, -0.1) is 0 Å². The molecule has 0 atom stereocenters. The van der Waals surface area contributed by atoms with Crippen molar-refractivity contribution in [2.45, 2.75) is 5.16 Å². The third-order valence-corrected chi connectivity index (χ3v) is 5.98. The Labute approximate surface area is 175 Å². The Bertz CT molecular complexity index is 925. The minimum Gasteiger partial charge on any atom is -0.338 e. The molecule has 3 aromatic rings. The van der Waals surface area contributed by atoms with Crippen molar-refractivity contribution in [3.05, 3.63) is 59.6 Å². The lowest BCUT2D eigenvalue weighted by atomic mass is 10.3. The Kier molecular flexibility index (Phi) is 5.92. The molecule has 3 heterocycles. The number of carbonyl (C=O) groups excluding carboxylic acids is 1. The molecule has 1 aromatic carbocycles. The molecule has 1 amide bonds. The monoisotopic (exact) mass is 458 g/mol. The summed E-state index contributed by atoms with van der Waals surface area (Å²) in [5.41, 5.74) is 1.02. The quantitative estimate of drug-likeness (QED) is 0.547. The Morgan fingerprint density at radius 2 is 1.71 bits per heavy atom. The number of hydrogen-bond acceptors (Lipinski definition) is 6. The molecule has 9 heteroatoms. The first-order chi connectivity index (χ1) is 13.7. The summed E-state index contributed by atoms with van der Waals surface area (Å²) in [5.74, 6) is 1.22. The first kappa shape index (κ1) is 18.9. The predicted molar refractivity (Wildman–Crippen MR) is 113 cm³/mol. The highest BCUT2D eigenvalue weighted by atomic mass is 79.9. The molecule has 1 saturated heterocycles. The van der Waals surface area contributed by atoms with Crippen molar-refractivity contribution >= 4 is 39.5 Å². The molecular weight excluding hydrogens is 440 g/mol. The van der Waals surface area contributed by atoms with Gasteiger partial charge in [-0.1, -0.05) is 27.7 Å². The summed E-state index contributed by atoms with van der Waals surface area (Å²) in [7, 11) is 0. The summed E-state index contributed by atoms with van der Waals surface area (Å²) < 4.78 is 3.02. The summed E-state index contributed by atoms with van der Waals surface area (Å²) in [5, 5.41) is 0.812. The van der Waals surface area contributed by atoms with E-state index < -0.39 is 0 Å². The summed E-state index contributed by atoms with van der Waals surface area (Å²) in [6.07, 6.45) is 7.15. The maximum absolute atomic E-state index is 12.6. The van der Waals surface area contributed by atoms with Crippen LogP contribution in [0, 0.1) is 0 Å². The van der Waals surface area contributed by atoms with E-state index in [1.54, 1.807) is 24.7 Å². The lowest BCUT2D eigenvalue weighted by Crippen LogP contribution is -2.49. The van der Waals surface area contributed by atoms with Crippen molar-refractivity contribution in [3.8, 4) is 5.69 Å². The van der Waals surface area contributed by atoms with E-state index in [0.717, 1.165) is 34.4 Å². The standard InChI is InChI=1S/C19H19BrN6OS/c20-15-2-4-16(5-3-15)26-9-8-23-19(26)28-14-17(27)24-10-12-25(13-11-24)18-21-6-1-7-22-18/h1-9H,10-14H2. The highest BCUT2D eigenvalue weighted by Gasteiger charge is 2.22. The molecule has 0 N–H and O–H groups in total. The molecule has 28 heavy (non-hydrogen) atoms. The van der Waals surface area contributed by atoms with Crippen molar-refractivity contribution in [1.29, 1.82) is 0 Å². The number of halogens is 1. The van der Waals surface area contributed by atoms with Crippen LogP contribution < -0.4 is 4.90 Å². The van der Waals surface area contributed by atoms with Crippen LogP contribution in [-0.2, 0) is 4.79 Å². The molecule has 144 valence electrons. The van der Waals surface area contributed by atoms with Gasteiger partial charge in [0.05, 0.1) is 5.75 Å². The van der Waals surface area contributed by atoms with Gasteiger partial charge >= 0.3 is 0 Å². The Balaban J connectivity index is 1.32. The second-order valence-electron chi connectivity index (χ2n) is 6.26. The third kappa shape index (κ3) is 4.36. The number of benzene rings is 1. The van der Waals surface area contributed by atoms with E-state index in [0.29, 0.717) is 18.8 Å². The highest BCUT2D eigenvalue weighted by Crippen LogP contribution is 2.22. The number of hydrogen-bond donors (Lipinski definition) is 0. The maximum Gasteiger partial charge on any atom is 0.233 e. The van der Waals surface area contributed by atoms with E-state index in [4.69, 9.17) is 0 Å². The average Bonchev–Trinajstić information content (AvgIpc) is 3.22. The van der Waals surface area contributed by atoms with Crippen LogP contribution in [0.3, 0.4) is 0 Å². The average molecular weight is 459 g/mol. The molecule has 0 aliphatic carbocycles. The van der Waals surface area contributed by atoms with Gasteiger partial charge in [0.15, 0.2) is 5.16 Å². The van der Waals surface area contributed by atoms with Gasteiger partial charge in [-0.25, -0.2) is 15.0 Å². The van der Waals surface area contributed by atoms with Gasteiger partial charge in [-0.3, -0.25) is 9.36 Å². The van der Waals surface area contributed by atoms with Crippen molar-refractivity contribution in [1.82, 2.24) is 24.4 Å². The van der Waals surface area contributed by atoms with Gasteiger partial charge in [0.2, 0.25) is 11.9 Å². The van der Waals surface area contributed by atoms with Crippen LogP contribution >= 0.6 is 27.7 Å². The SMILES string of the molecule is O=C(CSc1nccn1-c1ccc(Br)cc1)N1CCN(c2ncccn2)CC1. The van der Waals surface area contributed by atoms with Crippen LogP contribution in [0.1, 0.15) is 0 Å². The maximum atomic E-state index is 12.6. The summed E-state index contributed by atoms with van der Waals surface area (Å²) in [6, 6.07) is 9.82. The van der Waals surface area contributed by atoms with Crippen LogP contribution in [0.4, 0.5) is 5.95 Å². The minimum atomic E-state index is 0.129. The number of rotatable bonds is 5. The molecular formula is C19H19BrN6OS. The highest BCUT2D eigenvalue weighted by molar-refractivity contribution is 9.10. The molecule has 1 aliphatic rings. The normalized spacial score (nSPS) is 14.3. The zero-order valence-corrected chi connectivity index (χ0v) is 17.5. The van der Waals surface area contributed by atoms with Gasteiger partial charge in [0.1, 0.15) is 0 Å². The number of nitrogens with zero attached hydrogens (tertiary/aromatic N) is 6. The van der Waals surface area contributed by atoms with Crippen molar-refractivity contribution in [2.24, 2.45) is 0 Å². The van der Waals surface area contributed by atoms with Gasteiger partial charge in [0, 0.05) is 61.1 Å². The fourth-order valence-electron chi connectivity index (χ4n) is 3.02. The molecule has 0 spiro atoms. The zero-order valence-electron chi connectivity index (χ0n) is 15.1. The molecule has 7 nitrogen and oxygen atoms in total. The summed E-state index contributed by atoms with van der Waals surface area (Å²) in [4.78, 5) is 29.6. The summed E-state index contributed by atoms with van der Waals surface area (Å²) >= 11 is 4.91. The first-order valence-corrected chi connectivity index (χ1v) is 10.7. The number of aromatic nitrogens is 4. The van der Waals surface area contributed by atoms with Crippen LogP contribution in [0.25, 0.3) is 5.69 Å². The number of anilines is 1. The second kappa shape index (κ2) is 8.74. The van der Waals surface area contributed by atoms with Crippen molar-refractivity contribution in [2.75, 3.05) is 36.8 Å². The molecule has 0 radical (unpaired) electrons. The summed E-state index contributed by atoms with van der Waals surface area (Å²) in [6.45, 7) is 2.85. The zero-order chi connectivity index (χ0) is 19.3. The smallest absolute Gasteiger partial charge is 0.233 e. The molecule has 4 rings (SSSR count). The molecule has 1 aliphatic heterocycles. The second-order valence-corrected chi connectivity index (χ2v) is 8.12. The molecule has 0 saturated carbocycles. The van der Waals surface area contributed by atoms with Crippen LogP contribution in [-0.4, -0.2) is 62.3 Å². The number of thioether (sulfide) groups is 1. The Morgan fingerprint density at radius 3 is 2.43 bits per heavy atom. The largest absolute Gasteiger partial charge is 0.338 e. The number of piperazine rings is 1. The molecule has 2 aromatic heterocycles. The van der Waals surface area contributed by atoms with Crippen molar-refractivity contribution < 1.29 is 4.79 Å².